The summed E-state index contributed by atoms with van der Waals surface area (Å²) in [7, 11) is 0. The average molecular weight is 297 g/mol. The summed E-state index contributed by atoms with van der Waals surface area (Å²) in [6.45, 7) is 2.71. The fourth-order valence-corrected chi connectivity index (χ4v) is 2.44. The smallest absolute Gasteiger partial charge is 0.195 e. The van der Waals surface area contributed by atoms with E-state index < -0.39 is 0 Å². The van der Waals surface area contributed by atoms with Gasteiger partial charge in [0, 0.05) is 12.4 Å². The lowest BCUT2D eigenvalue weighted by atomic mass is 10.1. The van der Waals surface area contributed by atoms with Crippen molar-refractivity contribution in [1.29, 1.82) is 0 Å². The molecular formula is C15H15N5S. The molecule has 0 bridgehead atoms. The highest BCUT2D eigenvalue weighted by Gasteiger charge is 2.12. The van der Waals surface area contributed by atoms with Crippen LogP contribution in [0.4, 0.5) is 0 Å². The van der Waals surface area contributed by atoms with Crippen molar-refractivity contribution in [1.82, 2.24) is 24.7 Å². The summed E-state index contributed by atoms with van der Waals surface area (Å²) >= 11 is 5.34. The largest absolute Gasteiger partial charge is 0.293 e. The van der Waals surface area contributed by atoms with Crippen LogP contribution in [0.1, 0.15) is 18.2 Å². The molecule has 3 aromatic rings. The van der Waals surface area contributed by atoms with Crippen LogP contribution in [-0.4, -0.2) is 24.7 Å². The Bertz CT molecular complexity index is 791. The van der Waals surface area contributed by atoms with E-state index in [0.717, 1.165) is 23.6 Å². The van der Waals surface area contributed by atoms with Gasteiger partial charge in [0.05, 0.1) is 12.2 Å². The van der Waals surface area contributed by atoms with Crippen molar-refractivity contribution in [2.45, 2.75) is 19.9 Å². The van der Waals surface area contributed by atoms with Crippen molar-refractivity contribution < 1.29 is 0 Å². The second-order valence-electron chi connectivity index (χ2n) is 4.62. The molecule has 0 aromatic carbocycles. The molecule has 0 amide bonds. The van der Waals surface area contributed by atoms with Crippen LogP contribution in [0.15, 0.2) is 42.7 Å². The zero-order valence-electron chi connectivity index (χ0n) is 11.7. The van der Waals surface area contributed by atoms with Gasteiger partial charge in [0.1, 0.15) is 5.69 Å². The van der Waals surface area contributed by atoms with E-state index in [1.54, 1.807) is 12.4 Å². The third-order valence-corrected chi connectivity index (χ3v) is 3.64. The first kappa shape index (κ1) is 13.6. The fourth-order valence-electron chi connectivity index (χ4n) is 2.24. The molecule has 0 aliphatic carbocycles. The Morgan fingerprint density at radius 2 is 2.00 bits per heavy atom. The zero-order valence-corrected chi connectivity index (χ0v) is 12.5. The summed E-state index contributed by atoms with van der Waals surface area (Å²) in [6, 6.07) is 9.77. The first-order valence-corrected chi connectivity index (χ1v) is 7.19. The van der Waals surface area contributed by atoms with Crippen LogP contribution >= 0.6 is 12.2 Å². The van der Waals surface area contributed by atoms with Crippen LogP contribution in [-0.2, 0) is 13.0 Å². The third-order valence-electron chi connectivity index (χ3n) is 3.33. The standard InChI is InChI=1S/C15H15N5S/c1-2-11-6-5-9-17-13(11)10-20-14(18-19-15(20)21)12-7-3-4-8-16-12/h3-9H,2,10H2,1H3,(H,19,21). The van der Waals surface area contributed by atoms with Crippen LogP contribution < -0.4 is 0 Å². The summed E-state index contributed by atoms with van der Waals surface area (Å²) in [5.74, 6) is 0.730. The molecule has 5 nitrogen and oxygen atoms in total. The van der Waals surface area contributed by atoms with Crippen molar-refractivity contribution >= 4 is 12.2 Å². The number of aromatic amines is 1. The predicted molar refractivity (Wildman–Crippen MR) is 83.4 cm³/mol. The van der Waals surface area contributed by atoms with E-state index in [9.17, 15) is 0 Å². The number of H-pyrrole nitrogens is 1. The second-order valence-corrected chi connectivity index (χ2v) is 5.00. The minimum Gasteiger partial charge on any atom is -0.293 e. The molecule has 0 spiro atoms. The van der Waals surface area contributed by atoms with Gasteiger partial charge in [0.25, 0.3) is 0 Å². The molecule has 0 saturated carbocycles. The van der Waals surface area contributed by atoms with Gasteiger partial charge in [-0.2, -0.15) is 5.10 Å². The minimum absolute atomic E-state index is 0.573. The molecule has 3 aromatic heterocycles. The highest BCUT2D eigenvalue weighted by atomic mass is 32.1. The van der Waals surface area contributed by atoms with E-state index >= 15 is 0 Å². The summed E-state index contributed by atoms with van der Waals surface area (Å²) in [6.07, 6.45) is 4.49. The lowest BCUT2D eigenvalue weighted by molar-refractivity contribution is 0.753. The minimum atomic E-state index is 0.573. The SMILES string of the molecule is CCc1cccnc1Cn1c(-c2ccccn2)n[nH]c1=S. The third kappa shape index (κ3) is 2.75. The summed E-state index contributed by atoms with van der Waals surface area (Å²) in [5.41, 5.74) is 3.01. The van der Waals surface area contributed by atoms with E-state index in [2.05, 4.69) is 33.2 Å². The van der Waals surface area contributed by atoms with Crippen molar-refractivity contribution in [2.24, 2.45) is 0 Å². The number of aryl methyl sites for hydroxylation is 1. The fraction of sp³-hybridized carbons (Fsp3) is 0.200. The maximum Gasteiger partial charge on any atom is 0.195 e. The van der Waals surface area contributed by atoms with Crippen molar-refractivity contribution in [3.05, 3.63) is 58.8 Å². The van der Waals surface area contributed by atoms with Crippen LogP contribution in [0, 0.1) is 4.77 Å². The number of hydrogen-bond donors (Lipinski definition) is 1. The van der Waals surface area contributed by atoms with E-state index in [1.165, 1.54) is 5.56 Å². The number of rotatable bonds is 4. The summed E-state index contributed by atoms with van der Waals surface area (Å²) in [5, 5.41) is 7.13. The predicted octanol–water partition coefficient (Wildman–Crippen LogP) is 3.01. The van der Waals surface area contributed by atoms with Gasteiger partial charge >= 0.3 is 0 Å². The molecule has 0 radical (unpaired) electrons. The first-order chi connectivity index (χ1) is 10.3. The van der Waals surface area contributed by atoms with E-state index in [0.29, 0.717) is 11.3 Å². The molecule has 3 rings (SSSR count). The first-order valence-electron chi connectivity index (χ1n) is 6.79. The lowest BCUT2D eigenvalue weighted by Crippen LogP contribution is -2.07. The Labute approximate surface area is 127 Å². The molecule has 3 heterocycles. The molecule has 0 atom stereocenters. The Morgan fingerprint density at radius 1 is 1.14 bits per heavy atom. The van der Waals surface area contributed by atoms with Gasteiger partial charge < -0.3 is 0 Å². The van der Waals surface area contributed by atoms with Crippen LogP contribution in [0.2, 0.25) is 0 Å². The molecule has 1 N–H and O–H groups in total. The maximum atomic E-state index is 5.34. The monoisotopic (exact) mass is 297 g/mol. The van der Waals surface area contributed by atoms with Gasteiger partial charge in [-0.15, -0.1) is 0 Å². The Kier molecular flexibility index (Phi) is 3.87. The van der Waals surface area contributed by atoms with Crippen LogP contribution in [0.5, 0.6) is 0 Å². The Balaban J connectivity index is 2.04. The van der Waals surface area contributed by atoms with Gasteiger partial charge in [-0.1, -0.05) is 19.1 Å². The summed E-state index contributed by atoms with van der Waals surface area (Å²) < 4.78 is 2.50. The topological polar surface area (TPSA) is 59.4 Å². The van der Waals surface area contributed by atoms with Gasteiger partial charge in [-0.25, -0.2) is 0 Å². The van der Waals surface area contributed by atoms with E-state index in [4.69, 9.17) is 12.2 Å². The van der Waals surface area contributed by atoms with Gasteiger partial charge in [0.15, 0.2) is 10.6 Å². The quantitative estimate of drug-likeness (QED) is 0.752. The highest BCUT2D eigenvalue weighted by Crippen LogP contribution is 2.16. The highest BCUT2D eigenvalue weighted by molar-refractivity contribution is 7.71. The van der Waals surface area contributed by atoms with Crippen LogP contribution in [0.3, 0.4) is 0 Å². The van der Waals surface area contributed by atoms with Gasteiger partial charge in [-0.05, 0) is 42.4 Å². The molecule has 0 aliphatic heterocycles. The number of nitrogens with one attached hydrogen (secondary N) is 1. The molecule has 6 heteroatoms. The summed E-state index contributed by atoms with van der Waals surface area (Å²) in [4.78, 5) is 8.81. The van der Waals surface area contributed by atoms with Gasteiger partial charge in [-0.3, -0.25) is 19.6 Å². The molecule has 21 heavy (non-hydrogen) atoms. The number of aromatic nitrogens is 5. The Hall–Kier alpha value is -2.34. The van der Waals surface area contributed by atoms with E-state index in [1.807, 2.05) is 28.8 Å². The maximum absolute atomic E-state index is 5.34. The zero-order chi connectivity index (χ0) is 14.7. The molecule has 0 unspecified atom stereocenters. The second kappa shape index (κ2) is 5.97. The number of hydrogen-bond acceptors (Lipinski definition) is 4. The van der Waals surface area contributed by atoms with Crippen molar-refractivity contribution in [2.75, 3.05) is 0 Å². The van der Waals surface area contributed by atoms with Crippen LogP contribution in [0.25, 0.3) is 11.5 Å². The lowest BCUT2D eigenvalue weighted by Gasteiger charge is -2.09. The number of pyridine rings is 2. The normalized spacial score (nSPS) is 10.7. The van der Waals surface area contributed by atoms with E-state index in [-0.39, 0.29) is 0 Å². The molecular weight excluding hydrogens is 282 g/mol. The Morgan fingerprint density at radius 3 is 2.76 bits per heavy atom. The van der Waals surface area contributed by atoms with Gasteiger partial charge in [0.2, 0.25) is 0 Å². The molecule has 0 aliphatic rings. The van der Waals surface area contributed by atoms with Crippen molar-refractivity contribution in [3.63, 3.8) is 0 Å². The number of nitrogens with zero attached hydrogens (tertiary/aromatic N) is 4. The molecule has 0 saturated heterocycles. The molecule has 0 fully saturated rings. The molecule has 106 valence electrons. The average Bonchev–Trinajstić information content (AvgIpc) is 2.90. The van der Waals surface area contributed by atoms with Crippen molar-refractivity contribution in [3.8, 4) is 11.5 Å².